The number of carbonyl (C=O) groups is 3. The third kappa shape index (κ3) is 6.39. The number of hydrogen-bond acceptors (Lipinski definition) is 7. The number of para-hydroxylation sites is 3. The van der Waals surface area contributed by atoms with E-state index >= 15 is 0 Å². The van der Waals surface area contributed by atoms with Crippen molar-refractivity contribution < 1.29 is 33.7 Å². The molecule has 0 aliphatic carbocycles. The summed E-state index contributed by atoms with van der Waals surface area (Å²) in [6, 6.07) is 38.0. The molecule has 1 N–H and O–H groups in total. The maximum absolute atomic E-state index is 14.9. The maximum Gasteiger partial charge on any atom is 0.266 e. The van der Waals surface area contributed by atoms with Crippen LogP contribution in [-0.2, 0) is 26.5 Å². The van der Waals surface area contributed by atoms with Crippen molar-refractivity contribution in [3.8, 4) is 17.2 Å². The number of carbonyl (C=O) groups excluding carboxylic acids is 3. The number of amides is 3. The highest BCUT2D eigenvalue weighted by Crippen LogP contribution is 2.60. The molecule has 3 aliphatic heterocycles. The molecule has 3 amide bonds. The second kappa shape index (κ2) is 15.0. The zero-order chi connectivity index (χ0) is 40.1. The Hall–Kier alpha value is -5.75. The minimum atomic E-state index is -2.57. The Bertz CT molecular complexity index is 2330. The molecule has 0 aromatic heterocycles. The molecule has 3 heterocycles. The number of rotatable bonds is 10. The standard InChI is InChI=1S/C46H47N3O7Si/c1-30-43(57(4,5)34-22-20-33(54-3)21-23-34)41(28-42(51)48(25-26-50)29-31-13-7-6-8-14-31)56-46(30)36-27-32(19-24-37(36)47(2)45(46)53)49-38-16-10-12-18-40(38)55-39-17-11-9-15-35(39)44(49)52/h6-24,27,30,41,43,50H,25-26,28-29H2,1-5H3/t30-,41+,43-,46+/m1/s1. The van der Waals surface area contributed by atoms with Crippen molar-refractivity contribution in [2.24, 2.45) is 5.92 Å². The number of aliphatic hydroxyl groups excluding tert-OH is 1. The van der Waals surface area contributed by atoms with Crippen molar-refractivity contribution in [3.05, 3.63) is 138 Å². The molecular formula is C46H47N3O7Si. The molecule has 11 heteroatoms. The molecule has 57 heavy (non-hydrogen) atoms. The molecule has 0 unspecified atom stereocenters. The lowest BCUT2D eigenvalue weighted by atomic mass is 9.82. The summed E-state index contributed by atoms with van der Waals surface area (Å²) < 4.78 is 19.0. The van der Waals surface area contributed by atoms with Crippen LogP contribution in [0.25, 0.3) is 0 Å². The van der Waals surface area contributed by atoms with Crippen LogP contribution in [0.4, 0.5) is 17.1 Å². The third-order valence-corrected chi connectivity index (χ3v) is 16.5. The largest absolute Gasteiger partial charge is 0.497 e. The first-order valence-corrected chi connectivity index (χ1v) is 22.4. The molecule has 1 saturated heterocycles. The Labute approximate surface area is 334 Å². The van der Waals surface area contributed by atoms with Crippen LogP contribution in [0.2, 0.25) is 18.6 Å². The number of aliphatic hydroxyl groups is 1. The van der Waals surface area contributed by atoms with Crippen LogP contribution in [0.1, 0.15) is 34.8 Å². The second-order valence-electron chi connectivity index (χ2n) is 15.7. The molecular weight excluding hydrogens is 735 g/mol. The van der Waals surface area contributed by atoms with Crippen molar-refractivity contribution >= 4 is 48.0 Å². The van der Waals surface area contributed by atoms with Crippen LogP contribution in [-0.4, -0.2) is 69.2 Å². The predicted molar refractivity (Wildman–Crippen MR) is 222 cm³/mol. The summed E-state index contributed by atoms with van der Waals surface area (Å²) in [5.74, 6) is 0.718. The van der Waals surface area contributed by atoms with Gasteiger partial charge in [-0.05, 0) is 65.7 Å². The van der Waals surface area contributed by atoms with E-state index in [-0.39, 0.29) is 48.8 Å². The van der Waals surface area contributed by atoms with Crippen molar-refractivity contribution in [1.82, 2.24) is 4.90 Å². The zero-order valence-electron chi connectivity index (χ0n) is 32.8. The van der Waals surface area contributed by atoms with E-state index < -0.39 is 19.8 Å². The summed E-state index contributed by atoms with van der Waals surface area (Å²) in [4.78, 5) is 48.8. The van der Waals surface area contributed by atoms with Crippen LogP contribution in [0.5, 0.6) is 17.2 Å². The Morgan fingerprint density at radius 1 is 0.877 bits per heavy atom. The summed E-state index contributed by atoms with van der Waals surface area (Å²) in [6.45, 7) is 6.94. The van der Waals surface area contributed by atoms with Gasteiger partial charge in [0.15, 0.2) is 11.4 Å². The Morgan fingerprint density at radius 3 is 2.28 bits per heavy atom. The molecule has 0 bridgehead atoms. The van der Waals surface area contributed by atoms with Gasteiger partial charge in [0.25, 0.3) is 11.8 Å². The van der Waals surface area contributed by atoms with E-state index in [1.54, 1.807) is 41.0 Å². The van der Waals surface area contributed by atoms with Gasteiger partial charge in [-0.25, -0.2) is 0 Å². The number of methoxy groups -OCH3 is 1. The Morgan fingerprint density at radius 2 is 1.56 bits per heavy atom. The first-order valence-electron chi connectivity index (χ1n) is 19.4. The Balaban J connectivity index is 1.24. The summed E-state index contributed by atoms with van der Waals surface area (Å²) in [6.07, 6.45) is -0.616. The fraction of sp³-hybridized carbons (Fsp3) is 0.283. The molecule has 292 valence electrons. The van der Waals surface area contributed by atoms with Crippen LogP contribution in [0, 0.1) is 5.92 Å². The van der Waals surface area contributed by atoms with E-state index in [1.165, 1.54) is 0 Å². The predicted octanol–water partition coefficient (Wildman–Crippen LogP) is 7.38. The lowest BCUT2D eigenvalue weighted by Crippen LogP contribution is -2.52. The molecule has 0 radical (unpaired) electrons. The van der Waals surface area contributed by atoms with Gasteiger partial charge in [0.1, 0.15) is 11.5 Å². The molecule has 10 nitrogen and oxygen atoms in total. The van der Waals surface area contributed by atoms with E-state index in [2.05, 4.69) is 32.2 Å². The van der Waals surface area contributed by atoms with Crippen LogP contribution < -0.4 is 24.5 Å². The smallest absolute Gasteiger partial charge is 0.266 e. The molecule has 3 aliphatic rings. The summed E-state index contributed by atoms with van der Waals surface area (Å²) in [5, 5.41) is 11.2. The first kappa shape index (κ1) is 38.1. The minimum absolute atomic E-state index is 0.0221. The lowest BCUT2D eigenvalue weighted by molar-refractivity contribution is -0.149. The average molecular weight is 782 g/mol. The number of nitrogens with zero attached hydrogens (tertiary/aromatic N) is 3. The van der Waals surface area contributed by atoms with Gasteiger partial charge in [-0.2, -0.15) is 0 Å². The van der Waals surface area contributed by atoms with E-state index in [1.807, 2.05) is 97.1 Å². The normalized spacial score (nSPS) is 21.1. The number of ether oxygens (including phenoxy) is 3. The maximum atomic E-state index is 14.9. The van der Waals surface area contributed by atoms with E-state index in [0.717, 1.165) is 16.5 Å². The monoisotopic (exact) mass is 781 g/mol. The topological polar surface area (TPSA) is 109 Å². The van der Waals surface area contributed by atoms with Crippen molar-refractivity contribution in [1.29, 1.82) is 0 Å². The number of anilines is 3. The fourth-order valence-corrected chi connectivity index (χ4v) is 13.3. The minimum Gasteiger partial charge on any atom is -0.497 e. The van der Waals surface area contributed by atoms with Crippen LogP contribution in [0.3, 0.4) is 0 Å². The van der Waals surface area contributed by atoms with Gasteiger partial charge in [-0.1, -0.05) is 91.9 Å². The lowest BCUT2D eigenvalue weighted by Gasteiger charge is -2.37. The van der Waals surface area contributed by atoms with Crippen LogP contribution >= 0.6 is 0 Å². The van der Waals surface area contributed by atoms with Gasteiger partial charge in [0.2, 0.25) is 5.91 Å². The second-order valence-corrected chi connectivity index (χ2v) is 20.3. The fourth-order valence-electron chi connectivity index (χ4n) is 9.33. The molecule has 0 saturated carbocycles. The highest BCUT2D eigenvalue weighted by molar-refractivity contribution is 6.91. The molecule has 1 spiro atoms. The van der Waals surface area contributed by atoms with Gasteiger partial charge < -0.3 is 29.1 Å². The first-order chi connectivity index (χ1) is 27.5. The van der Waals surface area contributed by atoms with Gasteiger partial charge in [0, 0.05) is 37.3 Å². The summed E-state index contributed by atoms with van der Waals surface area (Å²) in [7, 11) is 0.822. The van der Waals surface area contributed by atoms with Gasteiger partial charge in [-0.15, -0.1) is 0 Å². The summed E-state index contributed by atoms with van der Waals surface area (Å²) >= 11 is 0. The van der Waals surface area contributed by atoms with Gasteiger partial charge in [-0.3, -0.25) is 19.3 Å². The Kier molecular flexibility index (Phi) is 10.0. The van der Waals surface area contributed by atoms with E-state index in [4.69, 9.17) is 14.2 Å². The van der Waals surface area contributed by atoms with Crippen molar-refractivity contribution in [2.45, 2.75) is 50.2 Å². The third-order valence-electron chi connectivity index (χ3n) is 12.2. The SMILES string of the molecule is COc1ccc([Si](C)(C)[C@H]2[C@H](CC(=O)N(CCO)Cc3ccccc3)O[C@@]3(C(=O)N(C)c4ccc(N5C(=O)c6ccccc6Oc6ccccc65)cc43)[C@@H]2C)cc1. The molecule has 1 fully saturated rings. The molecule has 5 aromatic carbocycles. The number of benzene rings is 5. The highest BCUT2D eigenvalue weighted by Gasteiger charge is 2.66. The van der Waals surface area contributed by atoms with Crippen molar-refractivity contribution in [2.75, 3.05) is 37.1 Å². The zero-order valence-corrected chi connectivity index (χ0v) is 33.8. The molecule has 8 rings (SSSR count). The quantitative estimate of drug-likeness (QED) is 0.147. The summed E-state index contributed by atoms with van der Waals surface area (Å²) in [5.41, 5.74) is 2.19. The molecule has 5 aromatic rings. The average Bonchev–Trinajstić information content (AvgIpc) is 3.58. The van der Waals surface area contributed by atoms with Gasteiger partial charge >= 0.3 is 0 Å². The number of likely N-dealkylation sites (N-methyl/N-ethyl adjacent to an activating group) is 1. The van der Waals surface area contributed by atoms with Crippen LogP contribution in [0.15, 0.2) is 121 Å². The van der Waals surface area contributed by atoms with E-state index in [0.29, 0.717) is 46.2 Å². The van der Waals surface area contributed by atoms with E-state index in [9.17, 15) is 19.5 Å². The van der Waals surface area contributed by atoms with Crippen molar-refractivity contribution in [3.63, 3.8) is 0 Å². The highest BCUT2D eigenvalue weighted by atomic mass is 28.3. The molecule has 4 atom stereocenters. The number of fused-ring (bicyclic) bond motifs is 4. The number of hydrogen-bond donors (Lipinski definition) is 1. The van der Waals surface area contributed by atoms with Gasteiger partial charge in [0.05, 0.1) is 51.3 Å².